The van der Waals surface area contributed by atoms with E-state index in [1.165, 1.54) is 18.9 Å². The Labute approximate surface area is 151 Å². The normalized spacial score (nSPS) is 16.1. The standard InChI is InChI=1S/C19H19N3O4/c1-11-5-8-17(25-14(4)24)16(9-11)19-22(13(3)23)21-18(26-19)15-7-6-12(2)20-10-15/h5-10,19H,1-4H3/t19-/m1/s1. The van der Waals surface area contributed by atoms with E-state index in [0.717, 1.165) is 11.3 Å². The van der Waals surface area contributed by atoms with Crippen molar-refractivity contribution in [2.45, 2.75) is 33.9 Å². The van der Waals surface area contributed by atoms with E-state index in [4.69, 9.17) is 9.47 Å². The smallest absolute Gasteiger partial charge is 0.308 e. The summed E-state index contributed by atoms with van der Waals surface area (Å²) >= 11 is 0. The summed E-state index contributed by atoms with van der Waals surface area (Å²) in [6, 6.07) is 8.97. The minimum atomic E-state index is -0.821. The summed E-state index contributed by atoms with van der Waals surface area (Å²) < 4.78 is 11.2. The van der Waals surface area contributed by atoms with Gasteiger partial charge in [0.2, 0.25) is 18.0 Å². The van der Waals surface area contributed by atoms with E-state index in [9.17, 15) is 9.59 Å². The van der Waals surface area contributed by atoms with Crippen LogP contribution in [0.2, 0.25) is 0 Å². The van der Waals surface area contributed by atoms with Gasteiger partial charge in [-0.05, 0) is 38.1 Å². The van der Waals surface area contributed by atoms with E-state index in [1.807, 2.05) is 38.1 Å². The third-order valence-electron chi connectivity index (χ3n) is 3.81. The van der Waals surface area contributed by atoms with E-state index < -0.39 is 12.2 Å². The van der Waals surface area contributed by atoms with Crippen LogP contribution in [0.4, 0.5) is 0 Å². The van der Waals surface area contributed by atoms with Crippen molar-refractivity contribution in [2.75, 3.05) is 0 Å². The molecule has 3 rings (SSSR count). The number of ether oxygens (including phenoxy) is 2. The molecule has 7 nitrogen and oxygen atoms in total. The number of hydrogen-bond acceptors (Lipinski definition) is 6. The lowest BCUT2D eigenvalue weighted by atomic mass is 10.1. The molecule has 0 aliphatic carbocycles. The third-order valence-corrected chi connectivity index (χ3v) is 3.81. The van der Waals surface area contributed by atoms with E-state index in [0.29, 0.717) is 16.9 Å². The van der Waals surface area contributed by atoms with Crippen molar-refractivity contribution in [3.8, 4) is 5.75 Å². The number of hydrogen-bond donors (Lipinski definition) is 0. The second-order valence-electron chi connectivity index (χ2n) is 6.06. The first kappa shape index (κ1) is 17.6. The predicted octanol–water partition coefficient (Wildman–Crippen LogP) is 2.86. The highest BCUT2D eigenvalue weighted by atomic mass is 16.5. The average molecular weight is 353 g/mol. The molecule has 2 aromatic rings. The predicted molar refractivity (Wildman–Crippen MR) is 94.3 cm³/mol. The minimum Gasteiger partial charge on any atom is -0.445 e. The molecule has 1 aliphatic rings. The van der Waals surface area contributed by atoms with Gasteiger partial charge in [-0.15, -0.1) is 5.10 Å². The number of carbonyl (C=O) groups is 2. The van der Waals surface area contributed by atoms with Crippen LogP contribution in [0, 0.1) is 13.8 Å². The van der Waals surface area contributed by atoms with Crippen LogP contribution in [0.25, 0.3) is 0 Å². The van der Waals surface area contributed by atoms with Crippen LogP contribution in [0.1, 0.15) is 42.5 Å². The monoisotopic (exact) mass is 353 g/mol. The van der Waals surface area contributed by atoms with Crippen molar-refractivity contribution in [1.82, 2.24) is 9.99 Å². The molecule has 2 heterocycles. The van der Waals surface area contributed by atoms with Gasteiger partial charge >= 0.3 is 5.97 Å². The summed E-state index contributed by atoms with van der Waals surface area (Å²) in [5.41, 5.74) is 3.01. The Morgan fingerprint density at radius 2 is 1.92 bits per heavy atom. The second-order valence-corrected chi connectivity index (χ2v) is 6.06. The number of nitrogens with zero attached hydrogens (tertiary/aromatic N) is 3. The summed E-state index contributed by atoms with van der Waals surface area (Å²) in [5, 5.41) is 5.53. The fourth-order valence-corrected chi connectivity index (χ4v) is 2.59. The zero-order chi connectivity index (χ0) is 18.8. The summed E-state index contributed by atoms with van der Waals surface area (Å²) in [5.74, 6) is -0.127. The summed E-state index contributed by atoms with van der Waals surface area (Å²) in [6.07, 6.45) is 0.816. The Morgan fingerprint density at radius 3 is 2.54 bits per heavy atom. The fraction of sp³-hybridized carbons (Fsp3) is 0.263. The third kappa shape index (κ3) is 3.56. The number of carbonyl (C=O) groups excluding carboxylic acids is 2. The molecule has 0 radical (unpaired) electrons. The number of aromatic nitrogens is 1. The van der Waals surface area contributed by atoms with Gasteiger partial charge in [0.25, 0.3) is 0 Å². The lowest BCUT2D eigenvalue weighted by Crippen LogP contribution is -2.26. The molecule has 1 aliphatic heterocycles. The van der Waals surface area contributed by atoms with Crippen molar-refractivity contribution < 1.29 is 19.1 Å². The first-order chi connectivity index (χ1) is 12.3. The number of benzene rings is 1. The van der Waals surface area contributed by atoms with E-state index in [-0.39, 0.29) is 11.8 Å². The number of rotatable bonds is 3. The largest absolute Gasteiger partial charge is 0.445 e. The van der Waals surface area contributed by atoms with E-state index >= 15 is 0 Å². The summed E-state index contributed by atoms with van der Waals surface area (Å²) in [6.45, 7) is 6.50. The van der Waals surface area contributed by atoms with Crippen molar-refractivity contribution in [2.24, 2.45) is 5.10 Å². The minimum absolute atomic E-state index is 0.285. The molecule has 1 aromatic heterocycles. The van der Waals surface area contributed by atoms with Gasteiger partial charge in [-0.1, -0.05) is 11.6 Å². The van der Waals surface area contributed by atoms with Crippen molar-refractivity contribution in [3.05, 3.63) is 58.9 Å². The topological polar surface area (TPSA) is 81.1 Å². The highest BCUT2D eigenvalue weighted by Crippen LogP contribution is 2.36. The quantitative estimate of drug-likeness (QED) is 0.626. The van der Waals surface area contributed by atoms with E-state index in [1.54, 1.807) is 12.3 Å². The van der Waals surface area contributed by atoms with Gasteiger partial charge in [0.1, 0.15) is 5.75 Å². The molecule has 0 saturated heterocycles. The highest BCUT2D eigenvalue weighted by molar-refractivity contribution is 5.96. The lowest BCUT2D eigenvalue weighted by molar-refractivity contribution is -0.135. The molecule has 26 heavy (non-hydrogen) atoms. The van der Waals surface area contributed by atoms with Crippen LogP contribution in [-0.4, -0.2) is 27.8 Å². The molecule has 0 N–H and O–H groups in total. The molecule has 0 spiro atoms. The number of hydrazone groups is 1. The molecular weight excluding hydrogens is 334 g/mol. The fourth-order valence-electron chi connectivity index (χ4n) is 2.59. The van der Waals surface area contributed by atoms with Crippen LogP contribution < -0.4 is 4.74 Å². The van der Waals surface area contributed by atoms with Crippen molar-refractivity contribution >= 4 is 17.8 Å². The molecule has 1 aromatic carbocycles. The lowest BCUT2D eigenvalue weighted by Gasteiger charge is -2.21. The maximum Gasteiger partial charge on any atom is 0.308 e. The van der Waals surface area contributed by atoms with Crippen LogP contribution in [0.3, 0.4) is 0 Å². The number of pyridine rings is 1. The molecule has 0 saturated carbocycles. The molecule has 0 unspecified atom stereocenters. The number of aryl methyl sites for hydroxylation is 2. The van der Waals surface area contributed by atoms with Crippen LogP contribution in [0.5, 0.6) is 5.75 Å². The highest BCUT2D eigenvalue weighted by Gasteiger charge is 2.35. The zero-order valence-electron chi connectivity index (χ0n) is 15.0. The Hall–Kier alpha value is -3.22. The Morgan fingerprint density at radius 1 is 1.15 bits per heavy atom. The van der Waals surface area contributed by atoms with Crippen LogP contribution >= 0.6 is 0 Å². The van der Waals surface area contributed by atoms with Crippen LogP contribution in [-0.2, 0) is 14.3 Å². The first-order valence-electron chi connectivity index (χ1n) is 8.12. The molecule has 134 valence electrons. The Balaban J connectivity index is 2.00. The van der Waals surface area contributed by atoms with E-state index in [2.05, 4.69) is 10.1 Å². The molecular formula is C19H19N3O4. The first-order valence-corrected chi connectivity index (χ1v) is 8.12. The molecule has 1 atom stereocenters. The van der Waals surface area contributed by atoms with Gasteiger partial charge in [0, 0.05) is 25.7 Å². The number of amides is 1. The van der Waals surface area contributed by atoms with Crippen LogP contribution in [0.15, 0.2) is 41.6 Å². The van der Waals surface area contributed by atoms with Gasteiger partial charge in [-0.25, -0.2) is 0 Å². The van der Waals surface area contributed by atoms with Crippen molar-refractivity contribution in [1.29, 1.82) is 0 Å². The molecule has 7 heteroatoms. The second kappa shape index (κ2) is 6.95. The molecule has 0 fully saturated rings. The van der Waals surface area contributed by atoms with Gasteiger partial charge in [0.15, 0.2) is 0 Å². The Bertz CT molecular complexity index is 890. The summed E-state index contributed by atoms with van der Waals surface area (Å²) in [7, 11) is 0. The van der Waals surface area contributed by atoms with Crippen molar-refractivity contribution in [3.63, 3.8) is 0 Å². The maximum atomic E-state index is 12.1. The van der Waals surface area contributed by atoms with Gasteiger partial charge in [-0.3, -0.25) is 14.6 Å². The summed E-state index contributed by atoms with van der Waals surface area (Å²) in [4.78, 5) is 27.7. The zero-order valence-corrected chi connectivity index (χ0v) is 15.0. The van der Waals surface area contributed by atoms with Gasteiger partial charge in [-0.2, -0.15) is 5.01 Å². The van der Waals surface area contributed by atoms with Gasteiger partial charge < -0.3 is 9.47 Å². The molecule has 0 bridgehead atoms. The maximum absolute atomic E-state index is 12.1. The average Bonchev–Trinajstić information content (AvgIpc) is 3.02. The number of esters is 1. The SMILES string of the molecule is CC(=O)Oc1ccc(C)cc1[C@H]1OC(c2ccc(C)nc2)=NN1C(C)=O. The molecule has 1 amide bonds. The van der Waals surface area contributed by atoms with Gasteiger partial charge in [0.05, 0.1) is 11.1 Å². The Kier molecular flexibility index (Phi) is 4.71.